The predicted octanol–water partition coefficient (Wildman–Crippen LogP) is 3.83. The SMILES string of the molecule is CCCC(C)C(O)c1ccc(OC)c(Cl)c1OC. The molecule has 18 heavy (non-hydrogen) atoms. The van der Waals surface area contributed by atoms with E-state index in [0.29, 0.717) is 22.1 Å². The lowest BCUT2D eigenvalue weighted by Gasteiger charge is -2.22. The van der Waals surface area contributed by atoms with E-state index in [9.17, 15) is 5.11 Å². The van der Waals surface area contributed by atoms with Gasteiger partial charge in [0.05, 0.1) is 20.3 Å². The highest BCUT2D eigenvalue weighted by molar-refractivity contribution is 6.33. The molecule has 1 rings (SSSR count). The molecule has 0 aliphatic rings. The summed E-state index contributed by atoms with van der Waals surface area (Å²) in [5.41, 5.74) is 0.712. The van der Waals surface area contributed by atoms with E-state index in [-0.39, 0.29) is 5.92 Å². The highest BCUT2D eigenvalue weighted by atomic mass is 35.5. The Morgan fingerprint density at radius 3 is 2.44 bits per heavy atom. The molecular formula is C14H21ClO3. The first kappa shape index (κ1) is 15.1. The normalized spacial score (nSPS) is 14.1. The summed E-state index contributed by atoms with van der Waals surface area (Å²) in [5.74, 6) is 1.20. The van der Waals surface area contributed by atoms with Gasteiger partial charge in [0.25, 0.3) is 0 Å². The molecular weight excluding hydrogens is 252 g/mol. The molecule has 0 radical (unpaired) electrons. The van der Waals surface area contributed by atoms with Gasteiger partial charge in [0, 0.05) is 5.56 Å². The van der Waals surface area contributed by atoms with Crippen molar-refractivity contribution in [3.8, 4) is 11.5 Å². The lowest BCUT2D eigenvalue weighted by molar-refractivity contribution is 0.109. The number of hydrogen-bond acceptors (Lipinski definition) is 3. The van der Waals surface area contributed by atoms with Crippen LogP contribution in [0.2, 0.25) is 5.02 Å². The number of aliphatic hydroxyl groups excluding tert-OH is 1. The second-order valence-electron chi connectivity index (χ2n) is 4.42. The van der Waals surface area contributed by atoms with Gasteiger partial charge in [-0.25, -0.2) is 0 Å². The van der Waals surface area contributed by atoms with Gasteiger partial charge in [-0.3, -0.25) is 0 Å². The van der Waals surface area contributed by atoms with E-state index in [2.05, 4.69) is 6.92 Å². The van der Waals surface area contributed by atoms with Gasteiger partial charge < -0.3 is 14.6 Å². The number of halogens is 1. The quantitative estimate of drug-likeness (QED) is 0.855. The van der Waals surface area contributed by atoms with Crippen LogP contribution in [-0.2, 0) is 0 Å². The Kier molecular flexibility index (Phi) is 5.76. The highest BCUT2D eigenvalue weighted by Crippen LogP contribution is 2.41. The molecule has 1 N–H and O–H groups in total. The second kappa shape index (κ2) is 6.86. The molecule has 102 valence electrons. The molecule has 0 heterocycles. The van der Waals surface area contributed by atoms with Crippen molar-refractivity contribution >= 4 is 11.6 Å². The number of benzene rings is 1. The largest absolute Gasteiger partial charge is 0.495 e. The Hall–Kier alpha value is -0.930. The highest BCUT2D eigenvalue weighted by Gasteiger charge is 2.22. The minimum atomic E-state index is -0.580. The lowest BCUT2D eigenvalue weighted by Crippen LogP contribution is -2.10. The zero-order valence-corrected chi connectivity index (χ0v) is 12.1. The maximum absolute atomic E-state index is 10.3. The molecule has 3 nitrogen and oxygen atoms in total. The fourth-order valence-electron chi connectivity index (χ4n) is 2.07. The number of ether oxygens (including phenoxy) is 2. The minimum Gasteiger partial charge on any atom is -0.495 e. The first-order valence-corrected chi connectivity index (χ1v) is 6.53. The Balaban J connectivity index is 3.12. The van der Waals surface area contributed by atoms with Crippen LogP contribution in [0.5, 0.6) is 11.5 Å². The Labute approximate surface area is 114 Å². The summed E-state index contributed by atoms with van der Waals surface area (Å²) in [6.45, 7) is 4.12. The Morgan fingerprint density at radius 2 is 1.94 bits per heavy atom. The summed E-state index contributed by atoms with van der Waals surface area (Å²) < 4.78 is 10.4. The van der Waals surface area contributed by atoms with Crippen molar-refractivity contribution in [2.75, 3.05) is 14.2 Å². The molecule has 0 saturated heterocycles. The molecule has 0 bridgehead atoms. The monoisotopic (exact) mass is 272 g/mol. The van der Waals surface area contributed by atoms with E-state index in [1.165, 1.54) is 0 Å². The summed E-state index contributed by atoms with van der Waals surface area (Å²) in [6, 6.07) is 3.56. The molecule has 0 saturated carbocycles. The molecule has 1 aromatic carbocycles. The third-order valence-electron chi connectivity index (χ3n) is 3.12. The van der Waals surface area contributed by atoms with Crippen LogP contribution in [0.3, 0.4) is 0 Å². The van der Waals surface area contributed by atoms with Crippen molar-refractivity contribution in [3.05, 3.63) is 22.7 Å². The van der Waals surface area contributed by atoms with E-state index in [4.69, 9.17) is 21.1 Å². The fraction of sp³-hybridized carbons (Fsp3) is 0.571. The van der Waals surface area contributed by atoms with Crippen molar-refractivity contribution in [1.82, 2.24) is 0 Å². The van der Waals surface area contributed by atoms with E-state index >= 15 is 0 Å². The number of aliphatic hydroxyl groups is 1. The number of rotatable bonds is 6. The van der Waals surface area contributed by atoms with Crippen molar-refractivity contribution in [2.24, 2.45) is 5.92 Å². The Bertz CT molecular complexity index is 393. The molecule has 0 aliphatic heterocycles. The molecule has 0 amide bonds. The predicted molar refractivity (Wildman–Crippen MR) is 73.6 cm³/mol. The molecule has 1 aromatic rings. The van der Waals surface area contributed by atoms with Crippen LogP contribution < -0.4 is 9.47 Å². The smallest absolute Gasteiger partial charge is 0.147 e. The van der Waals surface area contributed by atoms with Crippen LogP contribution in [-0.4, -0.2) is 19.3 Å². The molecule has 0 fully saturated rings. The van der Waals surface area contributed by atoms with Gasteiger partial charge in [0.15, 0.2) is 0 Å². The molecule has 2 unspecified atom stereocenters. The second-order valence-corrected chi connectivity index (χ2v) is 4.79. The molecule has 0 aliphatic carbocycles. The van der Waals surface area contributed by atoms with Crippen molar-refractivity contribution in [1.29, 1.82) is 0 Å². The van der Waals surface area contributed by atoms with Gasteiger partial charge in [-0.1, -0.05) is 31.9 Å². The lowest BCUT2D eigenvalue weighted by atomic mass is 9.93. The van der Waals surface area contributed by atoms with Gasteiger partial charge in [-0.2, -0.15) is 0 Å². The van der Waals surface area contributed by atoms with Gasteiger partial charge in [0.2, 0.25) is 0 Å². The van der Waals surface area contributed by atoms with Gasteiger partial charge in [-0.15, -0.1) is 0 Å². The molecule has 4 heteroatoms. The fourth-order valence-corrected chi connectivity index (χ4v) is 2.40. The van der Waals surface area contributed by atoms with Crippen LogP contribution >= 0.6 is 11.6 Å². The van der Waals surface area contributed by atoms with Crippen molar-refractivity contribution < 1.29 is 14.6 Å². The van der Waals surface area contributed by atoms with Crippen LogP contribution in [0, 0.1) is 5.92 Å². The molecule has 2 atom stereocenters. The number of methoxy groups -OCH3 is 2. The van der Waals surface area contributed by atoms with Crippen LogP contribution in [0.15, 0.2) is 12.1 Å². The van der Waals surface area contributed by atoms with E-state index in [1.54, 1.807) is 26.4 Å². The average Bonchev–Trinajstić information content (AvgIpc) is 2.37. The summed E-state index contributed by atoms with van der Waals surface area (Å²) in [4.78, 5) is 0. The van der Waals surface area contributed by atoms with Crippen LogP contribution in [0.1, 0.15) is 38.4 Å². The molecule has 0 aromatic heterocycles. The average molecular weight is 273 g/mol. The van der Waals surface area contributed by atoms with E-state index in [0.717, 1.165) is 12.8 Å². The third kappa shape index (κ3) is 3.09. The first-order chi connectivity index (χ1) is 8.56. The van der Waals surface area contributed by atoms with Gasteiger partial charge in [-0.05, 0) is 24.5 Å². The van der Waals surface area contributed by atoms with Gasteiger partial charge in [0.1, 0.15) is 16.5 Å². The maximum Gasteiger partial charge on any atom is 0.147 e. The number of hydrogen-bond donors (Lipinski definition) is 1. The van der Waals surface area contributed by atoms with E-state index < -0.39 is 6.10 Å². The zero-order chi connectivity index (χ0) is 13.7. The van der Waals surface area contributed by atoms with Crippen molar-refractivity contribution in [3.63, 3.8) is 0 Å². The first-order valence-electron chi connectivity index (χ1n) is 6.15. The zero-order valence-electron chi connectivity index (χ0n) is 11.4. The summed E-state index contributed by atoms with van der Waals surface area (Å²) in [7, 11) is 3.10. The molecule has 0 spiro atoms. The third-order valence-corrected chi connectivity index (χ3v) is 3.48. The van der Waals surface area contributed by atoms with Crippen LogP contribution in [0.4, 0.5) is 0 Å². The minimum absolute atomic E-state index is 0.161. The summed E-state index contributed by atoms with van der Waals surface area (Å²) in [6.07, 6.45) is 1.40. The van der Waals surface area contributed by atoms with E-state index in [1.807, 2.05) is 6.92 Å². The van der Waals surface area contributed by atoms with Crippen molar-refractivity contribution in [2.45, 2.75) is 32.8 Å². The topological polar surface area (TPSA) is 38.7 Å². The summed E-state index contributed by atoms with van der Waals surface area (Å²) >= 11 is 6.18. The van der Waals surface area contributed by atoms with Crippen LogP contribution in [0.25, 0.3) is 0 Å². The Morgan fingerprint density at radius 1 is 1.28 bits per heavy atom. The maximum atomic E-state index is 10.3. The standard InChI is InChI=1S/C14H21ClO3/c1-5-6-9(2)13(16)10-7-8-11(17-3)12(15)14(10)18-4/h7-9,13,16H,5-6H2,1-4H3. The van der Waals surface area contributed by atoms with Gasteiger partial charge >= 0.3 is 0 Å². The summed E-state index contributed by atoms with van der Waals surface area (Å²) in [5, 5.41) is 10.7.